The molecule has 7 nitrogen and oxygen atoms in total. The molecule has 9 heteroatoms. The zero-order valence-corrected chi connectivity index (χ0v) is 14.5. The minimum absolute atomic E-state index is 0.0459. The maximum absolute atomic E-state index is 13.6. The van der Waals surface area contributed by atoms with Crippen LogP contribution in [-0.4, -0.2) is 23.4 Å². The molecule has 2 aromatic rings. The van der Waals surface area contributed by atoms with Crippen LogP contribution in [0, 0.1) is 22.9 Å². The molecular formula is C16H12BrFN2O5. The number of halogens is 2. The number of nitro benzene ring substituents is 1. The maximum Gasteiger partial charge on any atom is 0.338 e. The Balaban J connectivity index is 1.96. The number of hydrogen-bond donors (Lipinski definition) is 1. The monoisotopic (exact) mass is 410 g/mol. The van der Waals surface area contributed by atoms with Crippen molar-refractivity contribution in [1.82, 2.24) is 0 Å². The minimum atomic E-state index is -0.815. The zero-order valence-electron chi connectivity index (χ0n) is 12.9. The number of carbonyl (C=O) groups is 2. The van der Waals surface area contributed by atoms with Gasteiger partial charge in [0.25, 0.3) is 11.6 Å². The number of carbonyl (C=O) groups excluding carboxylic acids is 2. The van der Waals surface area contributed by atoms with Gasteiger partial charge in [0.2, 0.25) is 0 Å². The molecule has 2 rings (SSSR count). The number of aryl methyl sites for hydroxylation is 1. The van der Waals surface area contributed by atoms with Crippen LogP contribution in [0.5, 0.6) is 0 Å². The number of nitro groups is 1. The molecule has 0 saturated carbocycles. The Kier molecular flexibility index (Phi) is 5.81. The first-order valence-electron chi connectivity index (χ1n) is 6.95. The van der Waals surface area contributed by atoms with E-state index in [9.17, 15) is 24.1 Å². The lowest BCUT2D eigenvalue weighted by atomic mass is 10.1. The molecular weight excluding hydrogens is 399 g/mol. The van der Waals surface area contributed by atoms with Gasteiger partial charge in [0.15, 0.2) is 6.61 Å². The summed E-state index contributed by atoms with van der Waals surface area (Å²) in [5, 5.41) is 13.0. The Hall–Kier alpha value is -2.81. The lowest BCUT2D eigenvalue weighted by Crippen LogP contribution is -2.21. The Morgan fingerprint density at radius 3 is 2.60 bits per heavy atom. The van der Waals surface area contributed by atoms with Gasteiger partial charge in [-0.1, -0.05) is 15.9 Å². The molecule has 130 valence electrons. The van der Waals surface area contributed by atoms with Crippen molar-refractivity contribution in [3.8, 4) is 0 Å². The number of anilines is 1. The highest BCUT2D eigenvalue weighted by Gasteiger charge is 2.16. The van der Waals surface area contributed by atoms with E-state index in [2.05, 4.69) is 21.2 Å². The van der Waals surface area contributed by atoms with E-state index in [1.54, 1.807) is 6.07 Å². The van der Waals surface area contributed by atoms with Crippen LogP contribution in [0.3, 0.4) is 0 Å². The van der Waals surface area contributed by atoms with Gasteiger partial charge in [-0.25, -0.2) is 9.18 Å². The summed E-state index contributed by atoms with van der Waals surface area (Å²) in [6.45, 7) is 0.863. The van der Waals surface area contributed by atoms with Crippen LogP contribution < -0.4 is 5.32 Å². The molecule has 1 N–H and O–H groups in total. The van der Waals surface area contributed by atoms with Crippen LogP contribution in [0.2, 0.25) is 0 Å². The van der Waals surface area contributed by atoms with Gasteiger partial charge in [0, 0.05) is 16.1 Å². The molecule has 0 aliphatic rings. The molecule has 0 atom stereocenters. The molecule has 2 aromatic carbocycles. The molecule has 0 spiro atoms. The largest absolute Gasteiger partial charge is 0.452 e. The van der Waals surface area contributed by atoms with Crippen molar-refractivity contribution in [2.45, 2.75) is 6.92 Å². The number of nitrogens with zero attached hydrogens (tertiary/aromatic N) is 1. The van der Waals surface area contributed by atoms with E-state index in [-0.39, 0.29) is 16.9 Å². The standard InChI is InChI=1S/C16H12BrFN2O5/c1-9-6-10(2-5-14(9)20(23)24)16(22)25-8-15(21)19-13-4-3-11(17)7-12(13)18/h2-7H,8H2,1H3,(H,19,21). The summed E-state index contributed by atoms with van der Waals surface area (Å²) in [5.74, 6) is -2.17. The summed E-state index contributed by atoms with van der Waals surface area (Å²) >= 11 is 3.09. The van der Waals surface area contributed by atoms with Crippen molar-refractivity contribution in [3.63, 3.8) is 0 Å². The van der Waals surface area contributed by atoms with E-state index in [1.807, 2.05) is 0 Å². The van der Waals surface area contributed by atoms with Crippen molar-refractivity contribution in [1.29, 1.82) is 0 Å². The van der Waals surface area contributed by atoms with Crippen molar-refractivity contribution < 1.29 is 23.6 Å². The molecule has 0 aliphatic heterocycles. The molecule has 0 unspecified atom stereocenters. The van der Waals surface area contributed by atoms with Gasteiger partial charge in [-0.05, 0) is 37.3 Å². The van der Waals surface area contributed by atoms with Crippen molar-refractivity contribution in [3.05, 3.63) is 67.9 Å². The smallest absolute Gasteiger partial charge is 0.338 e. The normalized spacial score (nSPS) is 10.2. The van der Waals surface area contributed by atoms with Gasteiger partial charge in [-0.2, -0.15) is 0 Å². The third kappa shape index (κ3) is 4.83. The number of amides is 1. The van der Waals surface area contributed by atoms with E-state index >= 15 is 0 Å². The molecule has 0 radical (unpaired) electrons. The number of rotatable bonds is 5. The van der Waals surface area contributed by atoms with Crippen LogP contribution in [0.25, 0.3) is 0 Å². The summed E-state index contributed by atoms with van der Waals surface area (Å²) in [7, 11) is 0. The summed E-state index contributed by atoms with van der Waals surface area (Å²) < 4.78 is 19.0. The fourth-order valence-corrected chi connectivity index (χ4v) is 2.31. The fourth-order valence-electron chi connectivity index (χ4n) is 1.98. The molecule has 0 saturated heterocycles. The second-order valence-electron chi connectivity index (χ2n) is 5.01. The molecule has 0 fully saturated rings. The minimum Gasteiger partial charge on any atom is -0.452 e. The van der Waals surface area contributed by atoms with E-state index in [0.29, 0.717) is 10.0 Å². The number of ether oxygens (including phenoxy) is 1. The number of hydrogen-bond acceptors (Lipinski definition) is 5. The quantitative estimate of drug-likeness (QED) is 0.461. The van der Waals surface area contributed by atoms with E-state index in [0.717, 1.165) is 0 Å². The first-order chi connectivity index (χ1) is 11.8. The zero-order chi connectivity index (χ0) is 18.6. The second-order valence-corrected chi connectivity index (χ2v) is 5.92. The predicted octanol–water partition coefficient (Wildman–Crippen LogP) is 3.60. The third-order valence-electron chi connectivity index (χ3n) is 3.17. The highest BCUT2D eigenvalue weighted by molar-refractivity contribution is 9.10. The van der Waals surface area contributed by atoms with Crippen LogP contribution in [-0.2, 0) is 9.53 Å². The van der Waals surface area contributed by atoms with Gasteiger partial charge in [0.05, 0.1) is 16.2 Å². The SMILES string of the molecule is Cc1cc(C(=O)OCC(=O)Nc2ccc(Br)cc2F)ccc1[N+](=O)[O-]. The molecule has 25 heavy (non-hydrogen) atoms. The average Bonchev–Trinajstić information content (AvgIpc) is 2.54. The molecule has 0 heterocycles. The Morgan fingerprint density at radius 1 is 1.28 bits per heavy atom. The van der Waals surface area contributed by atoms with Gasteiger partial charge in [-0.15, -0.1) is 0 Å². The maximum atomic E-state index is 13.6. The van der Waals surface area contributed by atoms with Crippen molar-refractivity contribution in [2.75, 3.05) is 11.9 Å². The average molecular weight is 411 g/mol. The summed E-state index contributed by atoms with van der Waals surface area (Å²) in [6, 6.07) is 7.81. The predicted molar refractivity (Wildman–Crippen MR) is 90.8 cm³/mol. The molecule has 0 aliphatic carbocycles. The van der Waals surface area contributed by atoms with Crippen molar-refractivity contribution in [2.24, 2.45) is 0 Å². The van der Waals surface area contributed by atoms with Crippen molar-refractivity contribution >= 4 is 39.2 Å². The summed E-state index contributed by atoms with van der Waals surface area (Å²) in [4.78, 5) is 33.8. The first kappa shape index (κ1) is 18.5. The van der Waals surface area contributed by atoms with Crippen LogP contribution in [0.1, 0.15) is 15.9 Å². The highest BCUT2D eigenvalue weighted by Crippen LogP contribution is 2.20. The highest BCUT2D eigenvalue weighted by atomic mass is 79.9. The van der Waals surface area contributed by atoms with Gasteiger partial charge in [0.1, 0.15) is 5.82 Å². The lowest BCUT2D eigenvalue weighted by Gasteiger charge is -2.08. The molecule has 1 amide bonds. The van der Waals surface area contributed by atoms with E-state index in [4.69, 9.17) is 4.74 Å². The second kappa shape index (κ2) is 7.84. The first-order valence-corrected chi connectivity index (χ1v) is 7.74. The summed E-state index contributed by atoms with van der Waals surface area (Å²) in [5.41, 5.74) is 0.196. The summed E-state index contributed by atoms with van der Waals surface area (Å²) in [6.07, 6.45) is 0. The Labute approximate surface area is 150 Å². The van der Waals surface area contributed by atoms with Crippen LogP contribution >= 0.6 is 15.9 Å². The topological polar surface area (TPSA) is 98.5 Å². The Bertz CT molecular complexity index is 856. The fraction of sp³-hybridized carbons (Fsp3) is 0.125. The van der Waals surface area contributed by atoms with E-state index in [1.165, 1.54) is 37.3 Å². The number of nitrogens with one attached hydrogen (secondary N) is 1. The van der Waals surface area contributed by atoms with Crippen LogP contribution in [0.15, 0.2) is 40.9 Å². The third-order valence-corrected chi connectivity index (χ3v) is 3.66. The van der Waals surface area contributed by atoms with Crippen LogP contribution in [0.4, 0.5) is 15.8 Å². The van der Waals surface area contributed by atoms with Gasteiger partial charge in [-0.3, -0.25) is 14.9 Å². The molecule has 0 bridgehead atoms. The number of benzene rings is 2. The Morgan fingerprint density at radius 2 is 2.00 bits per heavy atom. The number of esters is 1. The van der Waals surface area contributed by atoms with E-state index < -0.39 is 29.2 Å². The van der Waals surface area contributed by atoms with Gasteiger partial charge < -0.3 is 10.1 Å². The molecule has 0 aromatic heterocycles. The lowest BCUT2D eigenvalue weighted by molar-refractivity contribution is -0.385. The van der Waals surface area contributed by atoms with Gasteiger partial charge >= 0.3 is 5.97 Å².